The summed E-state index contributed by atoms with van der Waals surface area (Å²) in [6, 6.07) is 6.35. The fraction of sp³-hybridized carbons (Fsp3) is 0.421. The maximum Gasteiger partial charge on any atom is 0.248 e. The molecule has 136 valence electrons. The zero-order chi connectivity index (χ0) is 18.3. The molecular weight excluding hydrogens is 330 g/mol. The summed E-state index contributed by atoms with van der Waals surface area (Å²) in [6.07, 6.45) is 2.78. The van der Waals surface area contributed by atoms with Crippen molar-refractivity contribution in [3.63, 3.8) is 0 Å². The molecule has 1 amide bonds. The Kier molecular flexibility index (Phi) is 4.03. The van der Waals surface area contributed by atoms with Gasteiger partial charge in [-0.25, -0.2) is 0 Å². The Bertz CT molecular complexity index is 974. The van der Waals surface area contributed by atoms with Crippen molar-refractivity contribution in [2.24, 2.45) is 0 Å². The van der Waals surface area contributed by atoms with Crippen LogP contribution in [-0.4, -0.2) is 38.8 Å². The molecule has 0 radical (unpaired) electrons. The van der Waals surface area contributed by atoms with E-state index in [1.807, 2.05) is 24.6 Å². The molecule has 0 bridgehead atoms. The van der Waals surface area contributed by atoms with E-state index in [4.69, 9.17) is 4.74 Å². The van der Waals surface area contributed by atoms with Crippen LogP contribution in [0.1, 0.15) is 29.7 Å². The normalized spacial score (nSPS) is 19.5. The molecule has 0 aliphatic carbocycles. The zero-order valence-electron chi connectivity index (χ0n) is 15.3. The minimum atomic E-state index is -0.821. The Morgan fingerprint density at radius 3 is 3.08 bits per heavy atom. The molecule has 7 heteroatoms. The zero-order valence-corrected chi connectivity index (χ0v) is 15.3. The summed E-state index contributed by atoms with van der Waals surface area (Å²) >= 11 is 0. The number of nitrogens with zero attached hydrogens (tertiary/aromatic N) is 3. The van der Waals surface area contributed by atoms with Crippen LogP contribution >= 0.6 is 0 Å². The number of ether oxygens (including phenoxy) is 1. The molecule has 0 spiro atoms. The molecule has 3 heterocycles. The van der Waals surface area contributed by atoms with E-state index < -0.39 is 5.54 Å². The maximum atomic E-state index is 12.9. The van der Waals surface area contributed by atoms with Crippen LogP contribution in [0.4, 0.5) is 0 Å². The highest BCUT2D eigenvalue weighted by Crippen LogP contribution is 2.26. The van der Waals surface area contributed by atoms with Crippen molar-refractivity contribution >= 4 is 16.8 Å². The lowest BCUT2D eigenvalue weighted by atomic mass is 10.00. The van der Waals surface area contributed by atoms with E-state index in [9.17, 15) is 4.79 Å². The molecule has 1 aliphatic rings. The number of H-pyrrole nitrogens is 1. The van der Waals surface area contributed by atoms with Crippen molar-refractivity contribution in [3.05, 3.63) is 47.2 Å². The van der Waals surface area contributed by atoms with Crippen LogP contribution in [-0.2, 0) is 28.1 Å². The SMILES string of the molecule is Cc1ccc2[nH]cc(CCNC(=O)C3(C)COCc4nnc(C)n43)c2c1. The van der Waals surface area contributed by atoms with Gasteiger partial charge >= 0.3 is 0 Å². The molecule has 4 rings (SSSR count). The molecule has 0 saturated heterocycles. The fourth-order valence-electron chi connectivity index (χ4n) is 3.71. The maximum absolute atomic E-state index is 12.9. The summed E-state index contributed by atoms with van der Waals surface area (Å²) in [6.45, 7) is 7.08. The minimum Gasteiger partial charge on any atom is -0.370 e. The quantitative estimate of drug-likeness (QED) is 0.751. The Balaban J connectivity index is 1.47. The van der Waals surface area contributed by atoms with Gasteiger partial charge in [0, 0.05) is 23.6 Å². The van der Waals surface area contributed by atoms with Gasteiger partial charge in [-0.1, -0.05) is 11.6 Å². The topological polar surface area (TPSA) is 84.8 Å². The summed E-state index contributed by atoms with van der Waals surface area (Å²) in [7, 11) is 0. The molecule has 1 aromatic carbocycles. The minimum absolute atomic E-state index is 0.0719. The van der Waals surface area contributed by atoms with Crippen LogP contribution in [0.25, 0.3) is 10.9 Å². The molecule has 1 unspecified atom stereocenters. The first kappa shape index (κ1) is 16.8. The number of aromatic nitrogens is 4. The second-order valence-electron chi connectivity index (χ2n) is 7.13. The van der Waals surface area contributed by atoms with Crippen LogP contribution in [0.5, 0.6) is 0 Å². The van der Waals surface area contributed by atoms with Gasteiger partial charge in [-0.3, -0.25) is 9.36 Å². The average Bonchev–Trinajstić information content (AvgIpc) is 3.19. The number of fused-ring (bicyclic) bond motifs is 2. The summed E-state index contributed by atoms with van der Waals surface area (Å²) < 4.78 is 7.47. The lowest BCUT2D eigenvalue weighted by molar-refractivity contribution is -0.135. The van der Waals surface area contributed by atoms with Crippen molar-refractivity contribution in [2.75, 3.05) is 13.2 Å². The lowest BCUT2D eigenvalue weighted by Gasteiger charge is -2.34. The molecule has 2 N–H and O–H groups in total. The van der Waals surface area contributed by atoms with Crippen LogP contribution < -0.4 is 5.32 Å². The molecular formula is C19H23N5O2. The van der Waals surface area contributed by atoms with E-state index in [1.165, 1.54) is 16.5 Å². The number of nitrogens with one attached hydrogen (secondary N) is 2. The van der Waals surface area contributed by atoms with E-state index in [1.54, 1.807) is 0 Å². The summed E-state index contributed by atoms with van der Waals surface area (Å²) in [5.74, 6) is 1.35. The van der Waals surface area contributed by atoms with Gasteiger partial charge in [0.25, 0.3) is 0 Å². The van der Waals surface area contributed by atoms with Crippen molar-refractivity contribution in [1.29, 1.82) is 0 Å². The highest BCUT2D eigenvalue weighted by Gasteiger charge is 2.41. The van der Waals surface area contributed by atoms with Crippen LogP contribution in [0.3, 0.4) is 0 Å². The van der Waals surface area contributed by atoms with E-state index >= 15 is 0 Å². The van der Waals surface area contributed by atoms with Gasteiger partial charge in [0.1, 0.15) is 18.0 Å². The summed E-state index contributed by atoms with van der Waals surface area (Å²) in [5, 5.41) is 12.5. The number of aryl methyl sites for hydroxylation is 2. The average molecular weight is 353 g/mol. The van der Waals surface area contributed by atoms with Crippen molar-refractivity contribution in [3.8, 4) is 0 Å². The van der Waals surface area contributed by atoms with Crippen molar-refractivity contribution < 1.29 is 9.53 Å². The summed E-state index contributed by atoms with van der Waals surface area (Å²) in [4.78, 5) is 16.2. The first-order valence-corrected chi connectivity index (χ1v) is 8.83. The fourth-order valence-corrected chi connectivity index (χ4v) is 3.71. The van der Waals surface area contributed by atoms with Crippen molar-refractivity contribution in [2.45, 2.75) is 39.3 Å². The lowest BCUT2D eigenvalue weighted by Crippen LogP contribution is -2.53. The van der Waals surface area contributed by atoms with Gasteiger partial charge in [0.05, 0.1) is 6.61 Å². The van der Waals surface area contributed by atoms with Gasteiger partial charge in [-0.15, -0.1) is 10.2 Å². The number of rotatable bonds is 4. The smallest absolute Gasteiger partial charge is 0.248 e. The van der Waals surface area contributed by atoms with E-state index in [2.05, 4.69) is 45.6 Å². The predicted molar refractivity (Wildman–Crippen MR) is 97.8 cm³/mol. The number of benzene rings is 1. The number of amides is 1. The third kappa shape index (κ3) is 2.68. The molecule has 3 aromatic rings. The molecule has 1 aliphatic heterocycles. The number of carbonyl (C=O) groups excluding carboxylic acids is 1. The highest BCUT2D eigenvalue weighted by atomic mass is 16.5. The monoisotopic (exact) mass is 353 g/mol. The predicted octanol–water partition coefficient (Wildman–Crippen LogP) is 1.98. The molecule has 0 fully saturated rings. The molecule has 0 saturated carbocycles. The molecule has 7 nitrogen and oxygen atoms in total. The van der Waals surface area contributed by atoms with Gasteiger partial charge in [-0.2, -0.15) is 0 Å². The number of aromatic amines is 1. The van der Waals surface area contributed by atoms with E-state index in [0.717, 1.165) is 17.8 Å². The van der Waals surface area contributed by atoms with E-state index in [-0.39, 0.29) is 5.91 Å². The first-order chi connectivity index (χ1) is 12.5. The summed E-state index contributed by atoms with van der Waals surface area (Å²) in [5.41, 5.74) is 2.73. The third-order valence-electron chi connectivity index (χ3n) is 5.09. The van der Waals surface area contributed by atoms with Crippen LogP contribution in [0.15, 0.2) is 24.4 Å². The van der Waals surface area contributed by atoms with Crippen molar-refractivity contribution in [1.82, 2.24) is 25.1 Å². The van der Waals surface area contributed by atoms with Gasteiger partial charge in [0.2, 0.25) is 5.91 Å². The first-order valence-electron chi connectivity index (χ1n) is 8.83. The second-order valence-corrected chi connectivity index (χ2v) is 7.13. The third-order valence-corrected chi connectivity index (χ3v) is 5.09. The molecule has 26 heavy (non-hydrogen) atoms. The van der Waals surface area contributed by atoms with Crippen LogP contribution in [0.2, 0.25) is 0 Å². The largest absolute Gasteiger partial charge is 0.370 e. The van der Waals surface area contributed by atoms with Crippen LogP contribution in [0, 0.1) is 13.8 Å². The van der Waals surface area contributed by atoms with Gasteiger partial charge < -0.3 is 15.0 Å². The Morgan fingerprint density at radius 2 is 2.23 bits per heavy atom. The van der Waals surface area contributed by atoms with Gasteiger partial charge in [0.15, 0.2) is 5.82 Å². The number of hydrogen-bond donors (Lipinski definition) is 2. The Labute approximate surface area is 151 Å². The Hall–Kier alpha value is -2.67. The van der Waals surface area contributed by atoms with E-state index in [0.29, 0.717) is 25.6 Å². The standard InChI is InChI=1S/C19H23N5O2/c1-12-4-5-16-15(8-12)14(9-21-16)6-7-20-18(25)19(3)11-26-10-17-23-22-13(2)24(17)19/h4-5,8-9,21H,6-7,10-11H2,1-3H3,(H,20,25). The number of carbonyl (C=O) groups is 1. The van der Waals surface area contributed by atoms with Gasteiger partial charge in [-0.05, 0) is 44.9 Å². The second kappa shape index (κ2) is 6.25. The Morgan fingerprint density at radius 1 is 1.38 bits per heavy atom. The number of hydrogen-bond acceptors (Lipinski definition) is 4. The molecule has 1 atom stereocenters. The molecule has 2 aromatic heterocycles. The highest BCUT2D eigenvalue weighted by molar-refractivity contribution is 5.85.